The van der Waals surface area contributed by atoms with Crippen LogP contribution in [0.3, 0.4) is 0 Å². The van der Waals surface area contributed by atoms with Crippen LogP contribution in [0.1, 0.15) is 18.5 Å². The van der Waals surface area contributed by atoms with Crippen LogP contribution < -0.4 is 19.5 Å². The molecule has 1 amide bonds. The Bertz CT molecular complexity index is 719. The van der Waals surface area contributed by atoms with Crippen LogP contribution in [-0.4, -0.2) is 19.3 Å². The highest BCUT2D eigenvalue weighted by atomic mass is 19.1. The van der Waals surface area contributed by atoms with Crippen LogP contribution in [0.25, 0.3) is 0 Å². The normalized spacial score (nSPS) is 13.5. The maximum Gasteiger partial charge on any atom is 0.258 e. The van der Waals surface area contributed by atoms with E-state index in [1.165, 1.54) is 12.1 Å². The van der Waals surface area contributed by atoms with Crippen LogP contribution in [0.4, 0.5) is 4.39 Å². The summed E-state index contributed by atoms with van der Waals surface area (Å²) in [7, 11) is 0. The van der Waals surface area contributed by atoms with Crippen LogP contribution in [0.5, 0.6) is 17.2 Å². The van der Waals surface area contributed by atoms with E-state index >= 15 is 0 Å². The Morgan fingerprint density at radius 1 is 1.26 bits per heavy atom. The molecule has 0 radical (unpaired) electrons. The summed E-state index contributed by atoms with van der Waals surface area (Å²) in [6.45, 7) is 1.80. The maximum atomic E-state index is 13.4. The van der Waals surface area contributed by atoms with Crippen LogP contribution in [0, 0.1) is 5.82 Å². The van der Waals surface area contributed by atoms with Crippen molar-refractivity contribution in [3.63, 3.8) is 0 Å². The first-order chi connectivity index (χ1) is 11.1. The summed E-state index contributed by atoms with van der Waals surface area (Å²) in [4.78, 5) is 11.9. The number of hydrogen-bond donors (Lipinski definition) is 1. The standard InChI is InChI=1S/C17H16FNO4/c1-11(12-6-7-15-16(8-12)23-10-22-15)19-17(20)9-21-14-5-3-2-4-13(14)18/h2-8,11H,9-10H2,1H3,(H,19,20). The van der Waals surface area contributed by atoms with Gasteiger partial charge in [0.15, 0.2) is 29.7 Å². The number of carbonyl (C=O) groups is 1. The van der Waals surface area contributed by atoms with Crippen LogP contribution in [0.2, 0.25) is 0 Å². The Morgan fingerprint density at radius 2 is 2.04 bits per heavy atom. The summed E-state index contributed by atoms with van der Waals surface area (Å²) in [6.07, 6.45) is 0. The van der Waals surface area contributed by atoms with Crippen molar-refractivity contribution in [3.05, 3.63) is 53.8 Å². The average Bonchev–Trinajstić information content (AvgIpc) is 3.01. The van der Waals surface area contributed by atoms with E-state index in [2.05, 4.69) is 5.32 Å². The Labute approximate surface area is 133 Å². The third-order valence-corrected chi connectivity index (χ3v) is 3.47. The van der Waals surface area contributed by atoms with Gasteiger partial charge in [0, 0.05) is 0 Å². The topological polar surface area (TPSA) is 56.8 Å². The fourth-order valence-corrected chi connectivity index (χ4v) is 2.25. The van der Waals surface area contributed by atoms with Gasteiger partial charge in [-0.15, -0.1) is 0 Å². The molecule has 6 heteroatoms. The van der Waals surface area contributed by atoms with Gasteiger partial charge in [-0.2, -0.15) is 0 Å². The Kier molecular flexibility index (Phi) is 4.32. The smallest absolute Gasteiger partial charge is 0.258 e. The molecule has 0 bridgehead atoms. The zero-order chi connectivity index (χ0) is 16.2. The molecule has 1 aliphatic heterocycles. The van der Waals surface area contributed by atoms with Crippen molar-refractivity contribution < 1.29 is 23.4 Å². The Balaban J connectivity index is 1.56. The maximum absolute atomic E-state index is 13.4. The molecule has 5 nitrogen and oxygen atoms in total. The van der Waals surface area contributed by atoms with E-state index < -0.39 is 5.82 Å². The monoisotopic (exact) mass is 317 g/mol. The number of amides is 1. The molecule has 0 saturated carbocycles. The largest absolute Gasteiger partial charge is 0.481 e. The van der Waals surface area contributed by atoms with Crippen molar-refractivity contribution in [3.8, 4) is 17.2 Å². The fourth-order valence-electron chi connectivity index (χ4n) is 2.25. The van der Waals surface area contributed by atoms with Crippen molar-refractivity contribution in [2.75, 3.05) is 13.4 Å². The lowest BCUT2D eigenvalue weighted by molar-refractivity contribution is -0.123. The average molecular weight is 317 g/mol. The number of benzene rings is 2. The number of carbonyl (C=O) groups excluding carboxylic acids is 1. The molecule has 1 unspecified atom stereocenters. The van der Waals surface area contributed by atoms with Crippen molar-refractivity contribution in [1.82, 2.24) is 5.32 Å². The third kappa shape index (κ3) is 3.53. The lowest BCUT2D eigenvalue weighted by Gasteiger charge is -2.15. The van der Waals surface area contributed by atoms with Gasteiger partial charge in [-0.05, 0) is 36.8 Å². The molecule has 2 aromatic carbocycles. The molecule has 1 aliphatic rings. The number of hydrogen-bond acceptors (Lipinski definition) is 4. The third-order valence-electron chi connectivity index (χ3n) is 3.47. The van der Waals surface area contributed by atoms with E-state index in [1.54, 1.807) is 18.2 Å². The lowest BCUT2D eigenvalue weighted by Crippen LogP contribution is -2.31. The van der Waals surface area contributed by atoms with E-state index in [4.69, 9.17) is 14.2 Å². The molecule has 0 fully saturated rings. The van der Waals surface area contributed by atoms with Crippen LogP contribution >= 0.6 is 0 Å². The van der Waals surface area contributed by atoms with E-state index in [-0.39, 0.29) is 31.1 Å². The summed E-state index contributed by atoms with van der Waals surface area (Å²) < 4.78 is 29.1. The lowest BCUT2D eigenvalue weighted by atomic mass is 10.1. The molecule has 0 aromatic heterocycles. The van der Waals surface area contributed by atoms with Gasteiger partial charge in [0.25, 0.3) is 5.91 Å². The molecular formula is C17H16FNO4. The van der Waals surface area contributed by atoms with Crippen LogP contribution in [-0.2, 0) is 4.79 Å². The van der Waals surface area contributed by atoms with E-state index in [0.29, 0.717) is 11.5 Å². The molecule has 0 spiro atoms. The van der Waals surface area contributed by atoms with Gasteiger partial charge in [0.1, 0.15) is 0 Å². The highest BCUT2D eigenvalue weighted by Gasteiger charge is 2.17. The summed E-state index contributed by atoms with van der Waals surface area (Å²) in [5, 5.41) is 2.79. The van der Waals surface area contributed by atoms with Gasteiger partial charge in [0.2, 0.25) is 6.79 Å². The van der Waals surface area contributed by atoms with Gasteiger partial charge in [-0.1, -0.05) is 18.2 Å². The molecular weight excluding hydrogens is 301 g/mol. The predicted molar refractivity (Wildman–Crippen MR) is 81.0 cm³/mol. The molecule has 1 atom stereocenters. The molecule has 1 N–H and O–H groups in total. The molecule has 23 heavy (non-hydrogen) atoms. The number of ether oxygens (including phenoxy) is 3. The minimum absolute atomic E-state index is 0.0541. The molecule has 0 aliphatic carbocycles. The number of fused-ring (bicyclic) bond motifs is 1. The minimum Gasteiger partial charge on any atom is -0.481 e. The summed E-state index contributed by atoms with van der Waals surface area (Å²) in [6, 6.07) is 11.2. The van der Waals surface area contributed by atoms with Gasteiger partial charge < -0.3 is 19.5 Å². The molecule has 120 valence electrons. The SMILES string of the molecule is CC(NC(=O)COc1ccccc1F)c1ccc2c(c1)OCO2. The first-order valence-corrected chi connectivity index (χ1v) is 7.20. The van der Waals surface area contributed by atoms with E-state index in [0.717, 1.165) is 5.56 Å². The quantitative estimate of drug-likeness (QED) is 0.921. The van der Waals surface area contributed by atoms with Gasteiger partial charge in [-0.3, -0.25) is 4.79 Å². The van der Waals surface area contributed by atoms with Gasteiger partial charge in [0.05, 0.1) is 6.04 Å². The first kappa shape index (κ1) is 15.1. The van der Waals surface area contributed by atoms with Crippen molar-refractivity contribution >= 4 is 5.91 Å². The van der Waals surface area contributed by atoms with E-state index in [1.807, 2.05) is 19.1 Å². The van der Waals surface area contributed by atoms with Gasteiger partial charge in [-0.25, -0.2) is 4.39 Å². The first-order valence-electron chi connectivity index (χ1n) is 7.20. The fraction of sp³-hybridized carbons (Fsp3) is 0.235. The molecule has 2 aromatic rings. The molecule has 0 saturated heterocycles. The molecule has 3 rings (SSSR count). The van der Waals surface area contributed by atoms with Crippen LogP contribution in [0.15, 0.2) is 42.5 Å². The number of rotatable bonds is 5. The number of nitrogens with one attached hydrogen (secondary N) is 1. The highest BCUT2D eigenvalue weighted by Crippen LogP contribution is 2.34. The number of halogens is 1. The van der Waals surface area contributed by atoms with Crippen molar-refractivity contribution in [2.45, 2.75) is 13.0 Å². The second kappa shape index (κ2) is 6.56. The predicted octanol–water partition coefficient (Wildman–Crippen LogP) is 2.81. The summed E-state index contributed by atoms with van der Waals surface area (Å²) in [5.41, 5.74) is 0.883. The van der Waals surface area contributed by atoms with Gasteiger partial charge >= 0.3 is 0 Å². The summed E-state index contributed by atoms with van der Waals surface area (Å²) in [5.74, 6) is 0.572. The summed E-state index contributed by atoms with van der Waals surface area (Å²) >= 11 is 0. The number of para-hydroxylation sites is 1. The van der Waals surface area contributed by atoms with E-state index in [9.17, 15) is 9.18 Å². The second-order valence-corrected chi connectivity index (χ2v) is 5.12. The minimum atomic E-state index is -0.496. The van der Waals surface area contributed by atoms with Crippen molar-refractivity contribution in [1.29, 1.82) is 0 Å². The zero-order valence-corrected chi connectivity index (χ0v) is 12.5. The Morgan fingerprint density at radius 3 is 2.87 bits per heavy atom. The molecule has 1 heterocycles. The zero-order valence-electron chi connectivity index (χ0n) is 12.5. The second-order valence-electron chi connectivity index (χ2n) is 5.12. The highest BCUT2D eigenvalue weighted by molar-refractivity contribution is 5.78. The Hall–Kier alpha value is -2.76. The van der Waals surface area contributed by atoms with Crippen molar-refractivity contribution in [2.24, 2.45) is 0 Å².